The van der Waals surface area contributed by atoms with Crippen LogP contribution in [0.25, 0.3) is 0 Å². The summed E-state index contributed by atoms with van der Waals surface area (Å²) in [5.41, 5.74) is 1.09. The molecule has 23 heavy (non-hydrogen) atoms. The fourth-order valence-corrected chi connectivity index (χ4v) is 3.10. The summed E-state index contributed by atoms with van der Waals surface area (Å²) in [7, 11) is 0. The highest BCUT2D eigenvalue weighted by molar-refractivity contribution is 5.12. The Morgan fingerprint density at radius 2 is 2.09 bits per heavy atom. The van der Waals surface area contributed by atoms with E-state index in [4.69, 9.17) is 0 Å². The maximum Gasteiger partial charge on any atom is 0.123 e. The summed E-state index contributed by atoms with van der Waals surface area (Å²) in [5, 5.41) is 19.4. The predicted molar refractivity (Wildman–Crippen MR) is 87.9 cm³/mol. The monoisotopic (exact) mass is 315 g/mol. The van der Waals surface area contributed by atoms with Crippen molar-refractivity contribution in [3.05, 3.63) is 42.0 Å². The van der Waals surface area contributed by atoms with Gasteiger partial charge in [0.05, 0.1) is 6.20 Å². The van der Waals surface area contributed by atoms with Gasteiger partial charge < -0.3 is 5.11 Å². The van der Waals surface area contributed by atoms with Crippen LogP contribution >= 0.6 is 0 Å². The van der Waals surface area contributed by atoms with Crippen molar-refractivity contribution in [1.82, 2.24) is 24.9 Å². The highest BCUT2D eigenvalue weighted by Gasteiger charge is 2.37. The van der Waals surface area contributed by atoms with Crippen LogP contribution in [-0.2, 0) is 12.0 Å². The Balaban J connectivity index is 1.64. The SMILES string of the molecule is CC(C)n1cc([C@@]2(O)CCCN(CCc3ccncc3)C2)nn1. The van der Waals surface area contributed by atoms with E-state index in [1.807, 2.05) is 35.4 Å². The first-order valence-electron chi connectivity index (χ1n) is 8.33. The molecular weight excluding hydrogens is 290 g/mol. The summed E-state index contributed by atoms with van der Waals surface area (Å²) in [4.78, 5) is 6.37. The lowest BCUT2D eigenvalue weighted by Gasteiger charge is -2.38. The van der Waals surface area contributed by atoms with E-state index in [0.717, 1.165) is 32.4 Å². The number of nitrogens with zero attached hydrogens (tertiary/aromatic N) is 5. The molecule has 2 aromatic rings. The fourth-order valence-electron chi connectivity index (χ4n) is 3.10. The van der Waals surface area contributed by atoms with E-state index in [-0.39, 0.29) is 6.04 Å². The Kier molecular flexibility index (Phi) is 4.73. The van der Waals surface area contributed by atoms with Gasteiger partial charge in [-0.3, -0.25) is 9.88 Å². The van der Waals surface area contributed by atoms with Crippen LogP contribution in [0.5, 0.6) is 0 Å². The average Bonchev–Trinajstić information content (AvgIpc) is 3.05. The number of piperidine rings is 1. The van der Waals surface area contributed by atoms with E-state index >= 15 is 0 Å². The number of aliphatic hydroxyl groups is 1. The largest absolute Gasteiger partial charge is 0.382 e. The maximum absolute atomic E-state index is 11.0. The molecule has 6 heteroatoms. The molecule has 1 saturated heterocycles. The number of hydrogen-bond donors (Lipinski definition) is 1. The van der Waals surface area contributed by atoms with Crippen molar-refractivity contribution in [1.29, 1.82) is 0 Å². The van der Waals surface area contributed by atoms with E-state index in [1.165, 1.54) is 5.56 Å². The summed E-state index contributed by atoms with van der Waals surface area (Å²) in [6, 6.07) is 4.35. The molecular formula is C17H25N5O. The van der Waals surface area contributed by atoms with Crippen LogP contribution in [-0.4, -0.2) is 49.6 Å². The first-order chi connectivity index (χ1) is 11.1. The third-order valence-electron chi connectivity index (χ3n) is 4.53. The van der Waals surface area contributed by atoms with Gasteiger partial charge >= 0.3 is 0 Å². The lowest BCUT2D eigenvalue weighted by Crippen LogP contribution is -2.47. The summed E-state index contributed by atoms with van der Waals surface area (Å²) >= 11 is 0. The number of aromatic nitrogens is 4. The third kappa shape index (κ3) is 3.76. The first-order valence-corrected chi connectivity index (χ1v) is 8.33. The fraction of sp³-hybridized carbons (Fsp3) is 0.588. The van der Waals surface area contributed by atoms with Gasteiger partial charge in [0.15, 0.2) is 0 Å². The number of β-amino-alcohol motifs (C(OH)–C–C–N with tert-alkyl or cyclic N) is 1. The predicted octanol–water partition coefficient (Wildman–Crippen LogP) is 1.78. The molecule has 1 aliphatic heterocycles. The molecule has 0 radical (unpaired) electrons. The average molecular weight is 315 g/mol. The Hall–Kier alpha value is -1.79. The van der Waals surface area contributed by atoms with Gasteiger partial charge in [-0.1, -0.05) is 5.21 Å². The quantitative estimate of drug-likeness (QED) is 0.911. The third-order valence-corrected chi connectivity index (χ3v) is 4.53. The van der Waals surface area contributed by atoms with Gasteiger partial charge in [0.2, 0.25) is 0 Å². The Morgan fingerprint density at radius 1 is 1.30 bits per heavy atom. The normalized spacial score (nSPS) is 22.6. The summed E-state index contributed by atoms with van der Waals surface area (Å²) in [6.07, 6.45) is 8.23. The molecule has 0 bridgehead atoms. The molecule has 1 fully saturated rings. The zero-order valence-corrected chi connectivity index (χ0v) is 13.9. The zero-order valence-electron chi connectivity index (χ0n) is 13.9. The molecule has 3 rings (SSSR count). The van der Waals surface area contributed by atoms with Crippen molar-refractivity contribution in [3.63, 3.8) is 0 Å². The van der Waals surface area contributed by atoms with Crippen molar-refractivity contribution < 1.29 is 5.11 Å². The van der Waals surface area contributed by atoms with Crippen molar-refractivity contribution >= 4 is 0 Å². The smallest absolute Gasteiger partial charge is 0.123 e. The number of rotatable bonds is 5. The minimum absolute atomic E-state index is 0.256. The molecule has 6 nitrogen and oxygen atoms in total. The summed E-state index contributed by atoms with van der Waals surface area (Å²) in [5.74, 6) is 0. The van der Waals surface area contributed by atoms with Gasteiger partial charge in [-0.25, -0.2) is 4.68 Å². The van der Waals surface area contributed by atoms with Crippen molar-refractivity contribution in [2.75, 3.05) is 19.6 Å². The van der Waals surface area contributed by atoms with E-state index < -0.39 is 5.60 Å². The molecule has 0 aromatic carbocycles. The molecule has 0 saturated carbocycles. The van der Waals surface area contributed by atoms with Crippen LogP contribution in [0.2, 0.25) is 0 Å². The second-order valence-electron chi connectivity index (χ2n) is 6.69. The van der Waals surface area contributed by atoms with E-state index in [2.05, 4.69) is 34.0 Å². The second-order valence-corrected chi connectivity index (χ2v) is 6.69. The van der Waals surface area contributed by atoms with Crippen molar-refractivity contribution in [3.8, 4) is 0 Å². The lowest BCUT2D eigenvalue weighted by atomic mass is 9.90. The summed E-state index contributed by atoms with van der Waals surface area (Å²) < 4.78 is 1.81. The molecule has 2 aromatic heterocycles. The van der Waals surface area contributed by atoms with Crippen LogP contribution in [0.4, 0.5) is 0 Å². The number of pyridine rings is 1. The van der Waals surface area contributed by atoms with Gasteiger partial charge in [-0.15, -0.1) is 5.10 Å². The van der Waals surface area contributed by atoms with Crippen LogP contribution in [0.3, 0.4) is 0 Å². The van der Waals surface area contributed by atoms with Gasteiger partial charge in [0.25, 0.3) is 0 Å². The van der Waals surface area contributed by atoms with Crippen LogP contribution in [0.15, 0.2) is 30.7 Å². The maximum atomic E-state index is 11.0. The Morgan fingerprint density at radius 3 is 2.78 bits per heavy atom. The molecule has 0 unspecified atom stereocenters. The van der Waals surface area contributed by atoms with E-state index in [9.17, 15) is 5.11 Å². The Labute approximate surface area is 137 Å². The van der Waals surface area contributed by atoms with E-state index in [0.29, 0.717) is 12.2 Å². The van der Waals surface area contributed by atoms with Crippen molar-refractivity contribution in [2.24, 2.45) is 0 Å². The standard InChI is InChI=1S/C17H25N5O/c1-14(2)22-12-16(19-20-22)17(23)7-3-10-21(13-17)11-6-15-4-8-18-9-5-15/h4-5,8-9,12,14,23H,3,6-7,10-11,13H2,1-2H3/t17-/m1/s1. The van der Waals surface area contributed by atoms with Crippen molar-refractivity contribution in [2.45, 2.75) is 44.8 Å². The van der Waals surface area contributed by atoms with Gasteiger partial charge in [0.1, 0.15) is 11.3 Å². The van der Waals surface area contributed by atoms with Crippen LogP contribution < -0.4 is 0 Å². The molecule has 3 heterocycles. The molecule has 0 aliphatic carbocycles. The van der Waals surface area contributed by atoms with Gasteiger partial charge in [0, 0.05) is 31.5 Å². The first kappa shape index (κ1) is 16.1. The van der Waals surface area contributed by atoms with Crippen LogP contribution in [0.1, 0.15) is 44.0 Å². The minimum Gasteiger partial charge on any atom is -0.382 e. The minimum atomic E-state index is -0.885. The molecule has 1 aliphatic rings. The molecule has 1 atom stereocenters. The molecule has 124 valence electrons. The highest BCUT2D eigenvalue weighted by Crippen LogP contribution is 2.30. The zero-order chi connectivity index (χ0) is 16.3. The molecule has 0 spiro atoms. The number of hydrogen-bond acceptors (Lipinski definition) is 5. The van der Waals surface area contributed by atoms with Gasteiger partial charge in [-0.05, 0) is 57.4 Å². The molecule has 1 N–H and O–H groups in total. The summed E-state index contributed by atoms with van der Waals surface area (Å²) in [6.45, 7) is 6.69. The van der Waals surface area contributed by atoms with Crippen LogP contribution in [0, 0.1) is 0 Å². The highest BCUT2D eigenvalue weighted by atomic mass is 16.3. The topological polar surface area (TPSA) is 67.1 Å². The molecule has 0 amide bonds. The number of likely N-dealkylation sites (tertiary alicyclic amines) is 1. The van der Waals surface area contributed by atoms with E-state index in [1.54, 1.807) is 0 Å². The second kappa shape index (κ2) is 6.76. The van der Waals surface area contributed by atoms with Gasteiger partial charge in [-0.2, -0.15) is 0 Å². The Bertz CT molecular complexity index is 627. The lowest BCUT2D eigenvalue weighted by molar-refractivity contribution is -0.0385.